The molecule has 4 aromatic heterocycles. The summed E-state index contributed by atoms with van der Waals surface area (Å²) >= 11 is 0. The Morgan fingerprint density at radius 1 is 1.18 bits per heavy atom. The minimum atomic E-state index is -0.818. The Balaban J connectivity index is 1.27. The van der Waals surface area contributed by atoms with Crippen molar-refractivity contribution in [1.29, 1.82) is 5.26 Å². The van der Waals surface area contributed by atoms with Gasteiger partial charge in [-0.05, 0) is 49.9 Å². The molecule has 12 heteroatoms. The van der Waals surface area contributed by atoms with Crippen molar-refractivity contribution in [2.24, 2.45) is 0 Å². The highest BCUT2D eigenvalue weighted by Crippen LogP contribution is 2.36. The van der Waals surface area contributed by atoms with Gasteiger partial charge in [0.1, 0.15) is 5.82 Å². The number of aromatic nitrogens is 5. The number of aliphatic hydroxyl groups excluding tert-OH is 1. The molecule has 0 aromatic carbocycles. The normalized spacial score (nSPS) is 20.1. The molecule has 2 aliphatic rings. The predicted molar refractivity (Wildman–Crippen MR) is 143 cm³/mol. The maximum Gasteiger partial charge on any atom is 0.176 e. The van der Waals surface area contributed by atoms with Crippen LogP contribution in [0.1, 0.15) is 43.2 Å². The van der Waals surface area contributed by atoms with Gasteiger partial charge in [-0.3, -0.25) is 14.6 Å². The molecule has 1 aliphatic carbocycles. The van der Waals surface area contributed by atoms with E-state index >= 15 is 0 Å². The second-order valence-corrected chi connectivity index (χ2v) is 10.3. The standard InChI is InChI=1S/C28H31FN8O3/c1-39-26-13-33-37-14-18(10-25(28(26)37)40-27(16-38)23-7-2-19(29)12-31-23)24-11-22-15-35(8-9-36(22)34-24)21-5-3-20(4-6-21)32-17-30/h2,7,10-14,20-21,27,32,38H,3-6,8-9,15-16H2,1H3. The number of hydrogen-bond donors (Lipinski definition) is 2. The van der Waals surface area contributed by atoms with Crippen LogP contribution in [0, 0.1) is 17.3 Å². The van der Waals surface area contributed by atoms with E-state index in [-0.39, 0.29) is 6.61 Å². The van der Waals surface area contributed by atoms with E-state index in [2.05, 4.69) is 37.2 Å². The van der Waals surface area contributed by atoms with Gasteiger partial charge in [0.25, 0.3) is 0 Å². The summed E-state index contributed by atoms with van der Waals surface area (Å²) in [6.45, 7) is 2.20. The summed E-state index contributed by atoms with van der Waals surface area (Å²) in [5.41, 5.74) is 3.74. The van der Waals surface area contributed by atoms with E-state index in [1.54, 1.807) is 17.8 Å². The molecule has 1 unspecified atom stereocenters. The smallest absolute Gasteiger partial charge is 0.176 e. The van der Waals surface area contributed by atoms with Crippen LogP contribution >= 0.6 is 0 Å². The number of nitrogens with one attached hydrogen (secondary N) is 1. The van der Waals surface area contributed by atoms with Gasteiger partial charge in [-0.1, -0.05) is 0 Å². The predicted octanol–water partition coefficient (Wildman–Crippen LogP) is 3.05. The highest BCUT2D eigenvalue weighted by Gasteiger charge is 2.29. The Morgan fingerprint density at radius 2 is 2.02 bits per heavy atom. The number of aliphatic hydroxyl groups is 1. The van der Waals surface area contributed by atoms with Gasteiger partial charge in [-0.15, -0.1) is 0 Å². The van der Waals surface area contributed by atoms with Gasteiger partial charge in [0.05, 0.1) is 49.7 Å². The Labute approximate surface area is 230 Å². The third-order valence-corrected chi connectivity index (χ3v) is 7.88. The molecular weight excluding hydrogens is 515 g/mol. The molecule has 1 aliphatic heterocycles. The molecule has 4 aromatic rings. The fraction of sp³-hybridized carbons (Fsp3) is 0.429. The number of halogens is 1. The molecule has 208 valence electrons. The van der Waals surface area contributed by atoms with Crippen molar-refractivity contribution in [2.75, 3.05) is 20.3 Å². The lowest BCUT2D eigenvalue weighted by molar-refractivity contribution is 0.112. The largest absolute Gasteiger partial charge is 0.493 e. The summed E-state index contributed by atoms with van der Waals surface area (Å²) in [4.78, 5) is 6.62. The number of nitriles is 1. The summed E-state index contributed by atoms with van der Waals surface area (Å²) in [5.74, 6) is 0.491. The minimum Gasteiger partial charge on any atom is -0.493 e. The minimum absolute atomic E-state index is 0.291. The van der Waals surface area contributed by atoms with Gasteiger partial charge < -0.3 is 19.9 Å². The molecule has 0 radical (unpaired) electrons. The highest BCUT2D eigenvalue weighted by atomic mass is 19.1. The summed E-state index contributed by atoms with van der Waals surface area (Å²) in [7, 11) is 1.56. The first-order chi connectivity index (χ1) is 19.6. The number of pyridine rings is 2. The van der Waals surface area contributed by atoms with Crippen LogP contribution in [0.3, 0.4) is 0 Å². The average molecular weight is 547 g/mol. The summed E-state index contributed by atoms with van der Waals surface area (Å²) < 4.78 is 28.9. The molecule has 0 saturated heterocycles. The first-order valence-electron chi connectivity index (χ1n) is 13.5. The van der Waals surface area contributed by atoms with Gasteiger partial charge >= 0.3 is 0 Å². The molecular formula is C28H31FN8O3. The van der Waals surface area contributed by atoms with Crippen molar-refractivity contribution >= 4 is 5.52 Å². The average Bonchev–Trinajstić information content (AvgIpc) is 3.61. The molecule has 0 amide bonds. The van der Waals surface area contributed by atoms with Gasteiger partial charge in [-0.25, -0.2) is 8.91 Å². The zero-order valence-corrected chi connectivity index (χ0v) is 22.2. The lowest BCUT2D eigenvalue weighted by atomic mass is 9.90. The second-order valence-electron chi connectivity index (χ2n) is 10.3. The molecule has 5 heterocycles. The van der Waals surface area contributed by atoms with E-state index < -0.39 is 11.9 Å². The number of hydrogen-bond acceptors (Lipinski definition) is 9. The molecule has 0 spiro atoms. The Bertz CT molecular complexity index is 1520. The van der Waals surface area contributed by atoms with Gasteiger partial charge in [0, 0.05) is 36.9 Å². The third-order valence-electron chi connectivity index (χ3n) is 7.88. The van der Waals surface area contributed by atoms with Crippen LogP contribution < -0.4 is 14.8 Å². The Kier molecular flexibility index (Phi) is 7.23. The van der Waals surface area contributed by atoms with E-state index in [0.717, 1.165) is 68.5 Å². The number of rotatable bonds is 8. The third kappa shape index (κ3) is 5.05. The van der Waals surface area contributed by atoms with Gasteiger partial charge in [0.15, 0.2) is 29.3 Å². The van der Waals surface area contributed by atoms with Gasteiger partial charge in [0.2, 0.25) is 0 Å². The molecule has 2 N–H and O–H groups in total. The van der Waals surface area contributed by atoms with Crippen molar-refractivity contribution in [3.8, 4) is 28.9 Å². The molecule has 1 saturated carbocycles. The SMILES string of the molecule is COc1cnn2cc(-c3cc4n(n3)CCN(C3CCC(NC#N)CC3)C4)cc(OC(CO)c3ccc(F)cn3)c12. The second kappa shape index (κ2) is 11.1. The lowest BCUT2D eigenvalue weighted by Crippen LogP contribution is -2.45. The van der Waals surface area contributed by atoms with Crippen molar-refractivity contribution in [3.05, 3.63) is 60.1 Å². The van der Waals surface area contributed by atoms with E-state index in [9.17, 15) is 9.50 Å². The van der Waals surface area contributed by atoms with Crippen LogP contribution in [-0.4, -0.2) is 66.7 Å². The van der Waals surface area contributed by atoms with E-state index in [0.29, 0.717) is 34.8 Å². The fourth-order valence-corrected chi connectivity index (χ4v) is 5.77. The number of fused-ring (bicyclic) bond motifs is 2. The molecule has 0 bridgehead atoms. The highest BCUT2D eigenvalue weighted by molar-refractivity contribution is 5.74. The van der Waals surface area contributed by atoms with Crippen LogP contribution in [0.15, 0.2) is 42.9 Å². The fourth-order valence-electron chi connectivity index (χ4n) is 5.77. The van der Waals surface area contributed by atoms with Crippen molar-refractivity contribution in [3.63, 3.8) is 0 Å². The number of methoxy groups -OCH3 is 1. The first-order valence-corrected chi connectivity index (χ1v) is 13.5. The zero-order valence-electron chi connectivity index (χ0n) is 22.2. The van der Waals surface area contributed by atoms with Crippen LogP contribution in [0.5, 0.6) is 11.5 Å². The number of ether oxygens (including phenoxy) is 2. The zero-order chi connectivity index (χ0) is 27.6. The van der Waals surface area contributed by atoms with Crippen molar-refractivity contribution in [2.45, 2.75) is 57.0 Å². The van der Waals surface area contributed by atoms with Crippen LogP contribution in [0.25, 0.3) is 16.8 Å². The molecule has 6 rings (SSSR count). The molecule has 11 nitrogen and oxygen atoms in total. The number of nitrogens with zero attached hydrogens (tertiary/aromatic N) is 7. The van der Waals surface area contributed by atoms with Gasteiger partial charge in [-0.2, -0.15) is 15.5 Å². The lowest BCUT2D eigenvalue weighted by Gasteiger charge is -2.38. The van der Waals surface area contributed by atoms with E-state index in [1.165, 1.54) is 12.1 Å². The molecule has 1 atom stereocenters. The summed E-state index contributed by atoms with van der Waals surface area (Å²) in [5, 5.41) is 31.2. The van der Waals surface area contributed by atoms with Crippen molar-refractivity contribution in [1.82, 2.24) is 34.6 Å². The Hall–Kier alpha value is -4.21. The van der Waals surface area contributed by atoms with Crippen molar-refractivity contribution < 1.29 is 19.0 Å². The molecule has 40 heavy (non-hydrogen) atoms. The summed E-state index contributed by atoms with van der Waals surface area (Å²) in [6, 6.07) is 7.54. The van der Waals surface area contributed by atoms with Crippen LogP contribution in [0.4, 0.5) is 4.39 Å². The quantitative estimate of drug-likeness (QED) is 0.253. The monoisotopic (exact) mass is 546 g/mol. The molecule has 1 fully saturated rings. The summed E-state index contributed by atoms with van der Waals surface area (Å²) in [6.07, 6.45) is 10.0. The maximum absolute atomic E-state index is 13.4. The van der Waals surface area contributed by atoms with Crippen LogP contribution in [0.2, 0.25) is 0 Å². The topological polar surface area (TPSA) is 126 Å². The van der Waals surface area contributed by atoms with E-state index in [4.69, 9.17) is 19.8 Å². The van der Waals surface area contributed by atoms with E-state index in [1.807, 2.05) is 12.3 Å². The van der Waals surface area contributed by atoms with Crippen LogP contribution in [-0.2, 0) is 13.1 Å². The maximum atomic E-state index is 13.4. The first kappa shape index (κ1) is 26.0. The Morgan fingerprint density at radius 3 is 2.75 bits per heavy atom.